The van der Waals surface area contributed by atoms with Gasteiger partial charge in [0.15, 0.2) is 0 Å². The number of hydrogen-bond acceptors (Lipinski definition) is 2. The Hall–Kier alpha value is -0.520. The van der Waals surface area contributed by atoms with Crippen LogP contribution in [0.25, 0.3) is 0 Å². The first-order chi connectivity index (χ1) is 8.75. The van der Waals surface area contributed by atoms with Gasteiger partial charge in [-0.3, -0.25) is 0 Å². The number of aromatic nitrogens is 1. The highest BCUT2D eigenvalue weighted by Gasteiger charge is 2.27. The van der Waals surface area contributed by atoms with E-state index >= 15 is 0 Å². The third kappa shape index (κ3) is 3.33. The summed E-state index contributed by atoms with van der Waals surface area (Å²) in [5.41, 5.74) is 0.829. The molecule has 6 heteroatoms. The molecule has 0 aliphatic rings. The third-order valence-corrected chi connectivity index (χ3v) is 5.48. The number of hydrogen-bond donors (Lipinski definition) is 0. The van der Waals surface area contributed by atoms with E-state index in [4.69, 9.17) is 11.6 Å². The molecule has 1 heterocycles. The Balaban J connectivity index is 3.29. The zero-order valence-corrected chi connectivity index (χ0v) is 13.8. The van der Waals surface area contributed by atoms with E-state index in [0.29, 0.717) is 17.3 Å². The summed E-state index contributed by atoms with van der Waals surface area (Å²) in [6.45, 7) is 10.1. The molecule has 4 nitrogen and oxygen atoms in total. The molecule has 110 valence electrons. The second kappa shape index (κ2) is 6.29. The Morgan fingerprint density at radius 1 is 1.32 bits per heavy atom. The standard InChI is InChI=1S/C13H23ClN2O2S/c1-6-16(11(4)5)19(17,18)13-7-12(8-14)15(9-13)10(2)3/h7,9-11H,6,8H2,1-5H3. The first kappa shape index (κ1) is 16.5. The summed E-state index contributed by atoms with van der Waals surface area (Å²) in [6.07, 6.45) is 1.68. The van der Waals surface area contributed by atoms with Crippen LogP contribution in [0.15, 0.2) is 17.2 Å². The fraction of sp³-hybridized carbons (Fsp3) is 0.692. The summed E-state index contributed by atoms with van der Waals surface area (Å²) in [5, 5.41) is 0. The number of nitrogens with zero attached hydrogens (tertiary/aromatic N) is 2. The fourth-order valence-corrected chi connectivity index (χ4v) is 4.09. The second-order valence-electron chi connectivity index (χ2n) is 5.10. The highest BCUT2D eigenvalue weighted by molar-refractivity contribution is 7.89. The lowest BCUT2D eigenvalue weighted by Crippen LogP contribution is -2.36. The summed E-state index contributed by atoms with van der Waals surface area (Å²) >= 11 is 5.89. The van der Waals surface area contributed by atoms with Gasteiger partial charge in [-0.15, -0.1) is 11.6 Å². The van der Waals surface area contributed by atoms with Crippen LogP contribution in [0.4, 0.5) is 0 Å². The summed E-state index contributed by atoms with van der Waals surface area (Å²) in [7, 11) is -3.44. The summed E-state index contributed by atoms with van der Waals surface area (Å²) < 4.78 is 28.6. The highest BCUT2D eigenvalue weighted by Crippen LogP contribution is 2.24. The third-order valence-electron chi connectivity index (χ3n) is 3.09. The van der Waals surface area contributed by atoms with E-state index in [1.807, 2.05) is 39.2 Å². The van der Waals surface area contributed by atoms with Gasteiger partial charge >= 0.3 is 0 Å². The molecule has 0 aromatic carbocycles. The van der Waals surface area contributed by atoms with Crippen molar-refractivity contribution >= 4 is 21.6 Å². The van der Waals surface area contributed by atoms with Crippen LogP contribution in [0.2, 0.25) is 0 Å². The molecule has 0 aliphatic heterocycles. The van der Waals surface area contributed by atoms with Crippen molar-refractivity contribution < 1.29 is 8.42 Å². The Kier molecular flexibility index (Phi) is 5.47. The lowest BCUT2D eigenvalue weighted by Gasteiger charge is -2.23. The molecular weight excluding hydrogens is 284 g/mol. The maximum Gasteiger partial charge on any atom is 0.244 e. The number of rotatable bonds is 6. The summed E-state index contributed by atoms with van der Waals surface area (Å²) in [6, 6.07) is 1.80. The molecule has 0 amide bonds. The van der Waals surface area contributed by atoms with Crippen LogP contribution in [0.3, 0.4) is 0 Å². The van der Waals surface area contributed by atoms with E-state index in [2.05, 4.69) is 0 Å². The average molecular weight is 307 g/mol. The zero-order valence-electron chi connectivity index (χ0n) is 12.2. The monoisotopic (exact) mass is 306 g/mol. The van der Waals surface area contributed by atoms with Crippen molar-refractivity contribution in [2.75, 3.05) is 6.54 Å². The van der Waals surface area contributed by atoms with E-state index < -0.39 is 10.0 Å². The van der Waals surface area contributed by atoms with Crippen LogP contribution < -0.4 is 0 Å². The molecule has 0 bridgehead atoms. The van der Waals surface area contributed by atoms with Crippen LogP contribution in [-0.2, 0) is 15.9 Å². The van der Waals surface area contributed by atoms with Crippen molar-refractivity contribution in [3.8, 4) is 0 Å². The Morgan fingerprint density at radius 2 is 1.89 bits per heavy atom. The van der Waals surface area contributed by atoms with Gasteiger partial charge in [0.25, 0.3) is 0 Å². The molecule has 1 aromatic heterocycles. The smallest absolute Gasteiger partial charge is 0.244 e. The molecule has 0 spiro atoms. The fourth-order valence-electron chi connectivity index (χ4n) is 2.17. The predicted octanol–water partition coefficient (Wildman–Crippen LogP) is 3.23. The van der Waals surface area contributed by atoms with Crippen molar-refractivity contribution in [3.63, 3.8) is 0 Å². The van der Waals surface area contributed by atoms with Crippen LogP contribution >= 0.6 is 11.6 Å². The molecular formula is C13H23ClN2O2S. The van der Waals surface area contributed by atoms with Crippen LogP contribution in [-0.4, -0.2) is 29.9 Å². The van der Waals surface area contributed by atoms with Gasteiger partial charge in [-0.1, -0.05) is 6.92 Å². The van der Waals surface area contributed by atoms with Crippen LogP contribution in [0, 0.1) is 0 Å². The van der Waals surface area contributed by atoms with Crippen LogP contribution in [0.5, 0.6) is 0 Å². The van der Waals surface area contributed by atoms with Gasteiger partial charge in [-0.2, -0.15) is 4.31 Å². The zero-order chi connectivity index (χ0) is 14.8. The number of sulfonamides is 1. The van der Waals surface area contributed by atoms with Gasteiger partial charge in [0.2, 0.25) is 10.0 Å². The van der Waals surface area contributed by atoms with Gasteiger partial charge in [0, 0.05) is 30.5 Å². The Bertz CT molecular complexity index is 521. The first-order valence-corrected chi connectivity index (χ1v) is 8.51. The van der Waals surface area contributed by atoms with Crippen molar-refractivity contribution in [3.05, 3.63) is 18.0 Å². The van der Waals surface area contributed by atoms with Crippen molar-refractivity contribution in [2.45, 2.75) is 57.5 Å². The Morgan fingerprint density at radius 3 is 2.21 bits per heavy atom. The van der Waals surface area contributed by atoms with Gasteiger partial charge in [-0.05, 0) is 33.8 Å². The normalized spacial score (nSPS) is 12.9. The molecule has 0 unspecified atom stereocenters. The lowest BCUT2D eigenvalue weighted by atomic mass is 10.4. The number of alkyl halides is 1. The SMILES string of the molecule is CCN(C(C)C)S(=O)(=O)c1cc(CCl)n(C(C)C)c1. The maximum absolute atomic E-state index is 12.6. The minimum atomic E-state index is -3.44. The van der Waals surface area contributed by atoms with E-state index in [1.165, 1.54) is 4.31 Å². The summed E-state index contributed by atoms with van der Waals surface area (Å²) in [4.78, 5) is 0.326. The second-order valence-corrected chi connectivity index (χ2v) is 7.26. The van der Waals surface area contributed by atoms with E-state index in [1.54, 1.807) is 12.3 Å². The molecule has 1 aromatic rings. The molecule has 0 atom stereocenters. The predicted molar refractivity (Wildman–Crippen MR) is 79.1 cm³/mol. The van der Waals surface area contributed by atoms with Crippen molar-refractivity contribution in [2.24, 2.45) is 0 Å². The topological polar surface area (TPSA) is 42.3 Å². The molecule has 0 saturated carbocycles. The van der Waals surface area contributed by atoms with Gasteiger partial charge < -0.3 is 4.57 Å². The molecule has 0 aliphatic carbocycles. The first-order valence-electron chi connectivity index (χ1n) is 6.54. The minimum absolute atomic E-state index is 0.0585. The largest absolute Gasteiger partial charge is 0.346 e. The van der Waals surface area contributed by atoms with Gasteiger partial charge in [0.1, 0.15) is 4.90 Å². The minimum Gasteiger partial charge on any atom is -0.346 e. The molecule has 0 radical (unpaired) electrons. The Labute approximate surface area is 121 Å². The quantitative estimate of drug-likeness (QED) is 0.757. The average Bonchev–Trinajstić information content (AvgIpc) is 2.73. The molecule has 0 N–H and O–H groups in total. The van der Waals surface area contributed by atoms with E-state index in [0.717, 1.165) is 5.69 Å². The maximum atomic E-state index is 12.6. The van der Waals surface area contributed by atoms with Crippen molar-refractivity contribution in [1.29, 1.82) is 0 Å². The molecule has 19 heavy (non-hydrogen) atoms. The lowest BCUT2D eigenvalue weighted by molar-refractivity contribution is 0.369. The van der Waals surface area contributed by atoms with Gasteiger partial charge in [0.05, 0.1) is 5.88 Å². The molecule has 0 saturated heterocycles. The van der Waals surface area contributed by atoms with Crippen molar-refractivity contribution in [1.82, 2.24) is 8.87 Å². The van der Waals surface area contributed by atoms with Crippen LogP contribution in [0.1, 0.15) is 46.4 Å². The summed E-state index contributed by atoms with van der Waals surface area (Å²) in [5.74, 6) is 0.307. The highest BCUT2D eigenvalue weighted by atomic mass is 35.5. The molecule has 0 fully saturated rings. The molecule has 1 rings (SSSR count). The van der Waals surface area contributed by atoms with E-state index in [9.17, 15) is 8.42 Å². The van der Waals surface area contributed by atoms with Gasteiger partial charge in [-0.25, -0.2) is 8.42 Å². The number of halogens is 1. The van der Waals surface area contributed by atoms with E-state index in [-0.39, 0.29) is 12.1 Å².